The maximum Gasteiger partial charge on any atom is 0.333 e. The molecule has 6 nitrogen and oxygen atoms in total. The smallest absolute Gasteiger partial charge is 0.333 e. The molecule has 0 saturated carbocycles. The van der Waals surface area contributed by atoms with Crippen molar-refractivity contribution in [2.45, 2.75) is 45.6 Å². The van der Waals surface area contributed by atoms with Crippen molar-refractivity contribution in [1.29, 1.82) is 0 Å². The number of carbonyl (C=O) groups is 3. The molecule has 27 heavy (non-hydrogen) atoms. The third-order valence-corrected chi connectivity index (χ3v) is 5.36. The molecule has 2 N–H and O–H groups in total. The lowest BCUT2D eigenvalue weighted by Crippen LogP contribution is -2.54. The maximum absolute atomic E-state index is 13.2. The van der Waals surface area contributed by atoms with Gasteiger partial charge in [0.05, 0.1) is 5.92 Å². The molecule has 2 rings (SSSR count). The van der Waals surface area contributed by atoms with Gasteiger partial charge in [0, 0.05) is 19.0 Å². The Morgan fingerprint density at radius 2 is 1.96 bits per heavy atom. The monoisotopic (exact) mass is 378 g/mol. The Kier molecular flexibility index (Phi) is 6.57. The summed E-state index contributed by atoms with van der Waals surface area (Å²) >= 11 is 0. The van der Waals surface area contributed by atoms with Crippen LogP contribution in [-0.2, 0) is 19.9 Å². The van der Waals surface area contributed by atoms with Crippen LogP contribution in [0.3, 0.4) is 0 Å². The van der Waals surface area contributed by atoms with Gasteiger partial charge in [0.2, 0.25) is 11.8 Å². The first kappa shape index (κ1) is 20.9. The van der Waals surface area contributed by atoms with Crippen LogP contribution in [0.1, 0.15) is 45.6 Å². The maximum atomic E-state index is 13.2. The number of carboxylic acid groups (broad SMARTS) is 1. The number of piperidine rings is 1. The van der Waals surface area contributed by atoms with Crippen molar-refractivity contribution in [2.75, 3.05) is 13.1 Å². The summed E-state index contributed by atoms with van der Waals surface area (Å²) in [5, 5.41) is 12.3. The minimum atomic E-state index is -1.67. The second kappa shape index (κ2) is 8.50. The van der Waals surface area contributed by atoms with Crippen LogP contribution in [0.4, 0.5) is 4.39 Å². The zero-order valence-electron chi connectivity index (χ0n) is 16.0. The Morgan fingerprint density at radius 3 is 2.52 bits per heavy atom. The van der Waals surface area contributed by atoms with Crippen molar-refractivity contribution in [3.63, 3.8) is 0 Å². The van der Waals surface area contributed by atoms with E-state index in [0.717, 1.165) is 18.6 Å². The molecule has 2 amide bonds. The van der Waals surface area contributed by atoms with Gasteiger partial charge in [-0.15, -0.1) is 0 Å². The molecule has 1 aromatic carbocycles. The highest BCUT2D eigenvalue weighted by Gasteiger charge is 2.39. The molecule has 1 fully saturated rings. The van der Waals surface area contributed by atoms with Crippen molar-refractivity contribution in [2.24, 2.45) is 11.8 Å². The molecule has 0 spiro atoms. The molecular formula is C20H27FN2O4. The first-order valence-corrected chi connectivity index (χ1v) is 9.29. The van der Waals surface area contributed by atoms with Crippen LogP contribution < -0.4 is 5.32 Å². The first-order valence-electron chi connectivity index (χ1n) is 9.29. The highest BCUT2D eigenvalue weighted by Crippen LogP contribution is 2.25. The second-order valence-electron chi connectivity index (χ2n) is 7.36. The van der Waals surface area contributed by atoms with Gasteiger partial charge in [-0.25, -0.2) is 9.18 Å². The quantitative estimate of drug-likeness (QED) is 0.796. The third kappa shape index (κ3) is 4.64. The second-order valence-corrected chi connectivity index (χ2v) is 7.36. The fraction of sp³-hybridized carbons (Fsp3) is 0.550. The summed E-state index contributed by atoms with van der Waals surface area (Å²) in [5.41, 5.74) is -1.39. The summed E-state index contributed by atoms with van der Waals surface area (Å²) in [6.07, 6.45) is 2.02. The van der Waals surface area contributed by atoms with E-state index in [4.69, 9.17) is 0 Å². The number of likely N-dealkylation sites (tertiary alicyclic amines) is 1. The van der Waals surface area contributed by atoms with Crippen LogP contribution in [0.15, 0.2) is 24.3 Å². The third-order valence-electron chi connectivity index (χ3n) is 5.36. The topological polar surface area (TPSA) is 86.7 Å². The number of amides is 2. The van der Waals surface area contributed by atoms with Gasteiger partial charge in [-0.3, -0.25) is 9.59 Å². The minimum absolute atomic E-state index is 0.0227. The van der Waals surface area contributed by atoms with E-state index >= 15 is 0 Å². The SMILES string of the molecule is CCC(C)C(=O)N1CCCC(C(=O)NC(C)(C(=O)O)c2ccc(F)cc2)C1. The molecule has 3 unspecified atom stereocenters. The molecule has 7 heteroatoms. The Balaban J connectivity index is 2.14. The van der Waals surface area contributed by atoms with Gasteiger partial charge in [-0.05, 0) is 43.9 Å². The van der Waals surface area contributed by atoms with Crippen molar-refractivity contribution in [3.05, 3.63) is 35.6 Å². The Hall–Kier alpha value is -2.44. The summed E-state index contributed by atoms with van der Waals surface area (Å²) in [7, 11) is 0. The van der Waals surface area contributed by atoms with E-state index in [9.17, 15) is 23.9 Å². The average molecular weight is 378 g/mol. The summed E-state index contributed by atoms with van der Waals surface area (Å²) in [6, 6.07) is 5.03. The van der Waals surface area contributed by atoms with E-state index in [1.807, 2.05) is 13.8 Å². The van der Waals surface area contributed by atoms with E-state index in [0.29, 0.717) is 19.4 Å². The molecule has 0 aliphatic carbocycles. The average Bonchev–Trinajstić information content (AvgIpc) is 2.67. The summed E-state index contributed by atoms with van der Waals surface area (Å²) in [6.45, 7) is 6.08. The van der Waals surface area contributed by atoms with Gasteiger partial charge in [0.15, 0.2) is 5.54 Å². The van der Waals surface area contributed by atoms with Gasteiger partial charge < -0.3 is 15.3 Å². The fourth-order valence-corrected chi connectivity index (χ4v) is 3.26. The van der Waals surface area contributed by atoms with Gasteiger partial charge in [0.1, 0.15) is 5.82 Å². The molecule has 3 atom stereocenters. The molecule has 1 aromatic rings. The van der Waals surface area contributed by atoms with E-state index in [-0.39, 0.29) is 23.9 Å². The standard InChI is InChI=1S/C20H27FN2O4/c1-4-13(2)18(25)23-11-5-6-14(12-23)17(24)22-20(3,19(26)27)15-7-9-16(21)10-8-15/h7-10,13-14H,4-6,11-12H2,1-3H3,(H,22,24)(H,26,27). The molecule has 1 aliphatic heterocycles. The molecule has 0 bridgehead atoms. The van der Waals surface area contributed by atoms with Crippen molar-refractivity contribution in [1.82, 2.24) is 10.2 Å². The number of carbonyl (C=O) groups excluding carboxylic acids is 2. The van der Waals surface area contributed by atoms with Crippen LogP contribution >= 0.6 is 0 Å². The summed E-state index contributed by atoms with van der Waals surface area (Å²) in [5.74, 6) is -2.67. The van der Waals surface area contributed by atoms with Crippen molar-refractivity contribution >= 4 is 17.8 Å². The Labute approximate surface area is 158 Å². The van der Waals surface area contributed by atoms with E-state index in [1.54, 1.807) is 4.90 Å². The highest BCUT2D eigenvalue weighted by atomic mass is 19.1. The van der Waals surface area contributed by atoms with Crippen LogP contribution in [0.25, 0.3) is 0 Å². The number of aliphatic carboxylic acids is 1. The summed E-state index contributed by atoms with van der Waals surface area (Å²) in [4.78, 5) is 38.7. The number of hydrogen-bond donors (Lipinski definition) is 2. The number of hydrogen-bond acceptors (Lipinski definition) is 3. The van der Waals surface area contributed by atoms with Crippen LogP contribution in [0, 0.1) is 17.7 Å². The van der Waals surface area contributed by atoms with Gasteiger partial charge in [-0.2, -0.15) is 0 Å². The molecule has 1 heterocycles. The zero-order chi connectivity index (χ0) is 20.2. The van der Waals surface area contributed by atoms with Crippen LogP contribution in [0.2, 0.25) is 0 Å². The first-order chi connectivity index (χ1) is 12.7. The van der Waals surface area contributed by atoms with Crippen molar-refractivity contribution < 1.29 is 23.9 Å². The molecule has 1 aliphatic rings. The lowest BCUT2D eigenvalue weighted by Gasteiger charge is -2.35. The molecule has 0 radical (unpaired) electrons. The van der Waals surface area contributed by atoms with E-state index < -0.39 is 29.2 Å². The molecule has 1 saturated heterocycles. The van der Waals surface area contributed by atoms with Crippen molar-refractivity contribution in [3.8, 4) is 0 Å². The van der Waals surface area contributed by atoms with Gasteiger partial charge >= 0.3 is 5.97 Å². The molecule has 148 valence electrons. The largest absolute Gasteiger partial charge is 0.479 e. The molecular weight excluding hydrogens is 351 g/mol. The van der Waals surface area contributed by atoms with Crippen LogP contribution in [-0.4, -0.2) is 40.9 Å². The minimum Gasteiger partial charge on any atom is -0.479 e. The van der Waals surface area contributed by atoms with Gasteiger partial charge in [0.25, 0.3) is 0 Å². The zero-order valence-corrected chi connectivity index (χ0v) is 16.0. The Morgan fingerprint density at radius 1 is 1.33 bits per heavy atom. The number of nitrogens with one attached hydrogen (secondary N) is 1. The van der Waals surface area contributed by atoms with E-state index in [2.05, 4.69) is 5.32 Å². The predicted molar refractivity (Wildman–Crippen MR) is 98.3 cm³/mol. The molecule has 0 aromatic heterocycles. The fourth-order valence-electron chi connectivity index (χ4n) is 3.26. The van der Waals surface area contributed by atoms with Gasteiger partial charge in [-0.1, -0.05) is 26.0 Å². The number of carboxylic acids is 1. The predicted octanol–water partition coefficient (Wildman–Crippen LogP) is 2.53. The Bertz CT molecular complexity index is 706. The number of halogens is 1. The number of nitrogens with zero attached hydrogens (tertiary/aromatic N) is 1. The number of rotatable bonds is 6. The van der Waals surface area contributed by atoms with E-state index in [1.165, 1.54) is 19.1 Å². The number of benzene rings is 1. The highest BCUT2D eigenvalue weighted by molar-refractivity contribution is 5.89. The lowest BCUT2D eigenvalue weighted by atomic mass is 9.89. The normalized spacial score (nSPS) is 20.4. The van der Waals surface area contributed by atoms with Crippen LogP contribution in [0.5, 0.6) is 0 Å². The summed E-state index contributed by atoms with van der Waals surface area (Å²) < 4.78 is 13.2. The lowest BCUT2D eigenvalue weighted by molar-refractivity contribution is -0.149.